The normalized spacial score (nSPS) is 12.2. The van der Waals surface area contributed by atoms with Crippen molar-refractivity contribution >= 4 is 0 Å². The summed E-state index contributed by atoms with van der Waals surface area (Å²) in [5, 5.41) is 8.74. The van der Waals surface area contributed by atoms with E-state index in [-0.39, 0.29) is 12.6 Å². The minimum atomic E-state index is 0.153. The SMILES string of the molecule is N#Cc1nccc(-c2ccc3c(c2)OCO3)n1. The standard InChI is InChI=1S/C12H7N3O2/c13-6-12-14-4-3-9(15-12)8-1-2-10-11(5-8)17-7-16-10/h1-5H,7H2. The first-order valence-electron chi connectivity index (χ1n) is 5.00. The van der Waals surface area contributed by atoms with Gasteiger partial charge in [0.15, 0.2) is 11.5 Å². The van der Waals surface area contributed by atoms with Gasteiger partial charge < -0.3 is 9.47 Å². The number of hydrogen-bond donors (Lipinski definition) is 0. The van der Waals surface area contributed by atoms with Crippen molar-refractivity contribution in [2.24, 2.45) is 0 Å². The van der Waals surface area contributed by atoms with Gasteiger partial charge in [-0.3, -0.25) is 0 Å². The van der Waals surface area contributed by atoms with Crippen LogP contribution < -0.4 is 9.47 Å². The molecule has 1 aliphatic rings. The van der Waals surface area contributed by atoms with E-state index in [2.05, 4.69) is 9.97 Å². The molecule has 0 fully saturated rings. The van der Waals surface area contributed by atoms with E-state index >= 15 is 0 Å². The maximum atomic E-state index is 8.74. The Morgan fingerprint density at radius 2 is 2.06 bits per heavy atom. The van der Waals surface area contributed by atoms with Crippen molar-refractivity contribution in [1.29, 1.82) is 5.26 Å². The van der Waals surface area contributed by atoms with Crippen LogP contribution in [-0.2, 0) is 0 Å². The molecule has 5 heteroatoms. The Morgan fingerprint density at radius 1 is 1.18 bits per heavy atom. The molecule has 2 aromatic rings. The predicted octanol–water partition coefficient (Wildman–Crippen LogP) is 1.74. The number of aromatic nitrogens is 2. The summed E-state index contributed by atoms with van der Waals surface area (Å²) < 4.78 is 10.5. The van der Waals surface area contributed by atoms with E-state index in [1.165, 1.54) is 0 Å². The number of nitrogens with zero attached hydrogens (tertiary/aromatic N) is 3. The van der Waals surface area contributed by atoms with Crippen LogP contribution in [0.3, 0.4) is 0 Å². The van der Waals surface area contributed by atoms with Gasteiger partial charge in [-0.1, -0.05) is 0 Å². The van der Waals surface area contributed by atoms with E-state index in [1.54, 1.807) is 12.3 Å². The lowest BCUT2D eigenvalue weighted by Gasteiger charge is -2.02. The van der Waals surface area contributed by atoms with Crippen LogP contribution in [0.1, 0.15) is 5.82 Å². The van der Waals surface area contributed by atoms with Crippen molar-refractivity contribution < 1.29 is 9.47 Å². The molecule has 0 saturated carbocycles. The van der Waals surface area contributed by atoms with Gasteiger partial charge in [0.1, 0.15) is 6.07 Å². The Morgan fingerprint density at radius 3 is 2.94 bits per heavy atom. The average molecular weight is 225 g/mol. The molecule has 1 aromatic heterocycles. The molecule has 3 rings (SSSR count). The second kappa shape index (κ2) is 3.76. The zero-order valence-electron chi connectivity index (χ0n) is 8.75. The van der Waals surface area contributed by atoms with E-state index in [0.717, 1.165) is 11.3 Å². The molecular weight excluding hydrogens is 218 g/mol. The number of rotatable bonds is 1. The van der Waals surface area contributed by atoms with Gasteiger partial charge in [-0.2, -0.15) is 5.26 Å². The van der Waals surface area contributed by atoms with E-state index in [4.69, 9.17) is 14.7 Å². The van der Waals surface area contributed by atoms with Crippen LogP contribution in [0.5, 0.6) is 11.5 Å². The molecule has 0 unspecified atom stereocenters. The molecule has 82 valence electrons. The fourth-order valence-corrected chi connectivity index (χ4v) is 1.63. The van der Waals surface area contributed by atoms with Gasteiger partial charge in [0.25, 0.3) is 0 Å². The highest BCUT2D eigenvalue weighted by Gasteiger charge is 2.14. The maximum absolute atomic E-state index is 8.74. The molecule has 0 N–H and O–H groups in total. The molecule has 0 atom stereocenters. The molecule has 17 heavy (non-hydrogen) atoms. The Labute approximate surface area is 97.3 Å². The van der Waals surface area contributed by atoms with Crippen molar-refractivity contribution in [1.82, 2.24) is 9.97 Å². The quantitative estimate of drug-likeness (QED) is 0.739. The van der Waals surface area contributed by atoms with Crippen LogP contribution in [0, 0.1) is 11.3 Å². The van der Waals surface area contributed by atoms with Gasteiger partial charge in [-0.25, -0.2) is 9.97 Å². The molecule has 2 heterocycles. The lowest BCUT2D eigenvalue weighted by Crippen LogP contribution is -1.93. The molecule has 0 aliphatic carbocycles. The molecule has 0 radical (unpaired) electrons. The topological polar surface area (TPSA) is 68.0 Å². The largest absolute Gasteiger partial charge is 0.454 e. The van der Waals surface area contributed by atoms with Crippen molar-refractivity contribution in [3.63, 3.8) is 0 Å². The molecule has 1 aromatic carbocycles. The fourth-order valence-electron chi connectivity index (χ4n) is 1.63. The minimum absolute atomic E-state index is 0.153. The summed E-state index contributed by atoms with van der Waals surface area (Å²) in [7, 11) is 0. The van der Waals surface area contributed by atoms with E-state index in [9.17, 15) is 0 Å². The van der Waals surface area contributed by atoms with Crippen LogP contribution in [0.25, 0.3) is 11.3 Å². The highest BCUT2D eigenvalue weighted by Crippen LogP contribution is 2.35. The fraction of sp³-hybridized carbons (Fsp3) is 0.0833. The summed E-state index contributed by atoms with van der Waals surface area (Å²) in [6, 6.07) is 9.20. The summed E-state index contributed by atoms with van der Waals surface area (Å²) in [6.45, 7) is 0.242. The number of hydrogen-bond acceptors (Lipinski definition) is 5. The summed E-state index contributed by atoms with van der Waals surface area (Å²) in [5.41, 5.74) is 1.56. The lowest BCUT2D eigenvalue weighted by atomic mass is 10.1. The summed E-state index contributed by atoms with van der Waals surface area (Å²) in [6.07, 6.45) is 1.56. The van der Waals surface area contributed by atoms with Gasteiger partial charge in [0, 0.05) is 11.8 Å². The zero-order chi connectivity index (χ0) is 11.7. The van der Waals surface area contributed by atoms with Gasteiger partial charge in [-0.15, -0.1) is 0 Å². The molecule has 0 amide bonds. The first-order chi connectivity index (χ1) is 8.36. The third kappa shape index (κ3) is 1.66. The Balaban J connectivity index is 2.07. The zero-order valence-corrected chi connectivity index (χ0v) is 8.75. The van der Waals surface area contributed by atoms with Gasteiger partial charge >= 0.3 is 0 Å². The number of benzene rings is 1. The summed E-state index contributed by atoms with van der Waals surface area (Å²) in [5.74, 6) is 1.57. The van der Waals surface area contributed by atoms with Crippen LogP contribution in [0.2, 0.25) is 0 Å². The van der Waals surface area contributed by atoms with Gasteiger partial charge in [0.05, 0.1) is 5.69 Å². The minimum Gasteiger partial charge on any atom is -0.454 e. The molecule has 0 bridgehead atoms. The first-order valence-corrected chi connectivity index (χ1v) is 5.00. The summed E-state index contributed by atoms with van der Waals surface area (Å²) >= 11 is 0. The van der Waals surface area contributed by atoms with Gasteiger partial charge in [0.2, 0.25) is 12.6 Å². The number of ether oxygens (including phenoxy) is 2. The summed E-state index contributed by atoms with van der Waals surface area (Å²) in [4.78, 5) is 7.95. The Bertz CT molecular complexity index is 619. The van der Waals surface area contributed by atoms with Crippen molar-refractivity contribution in [3.05, 3.63) is 36.3 Å². The van der Waals surface area contributed by atoms with Crippen molar-refractivity contribution in [2.45, 2.75) is 0 Å². The van der Waals surface area contributed by atoms with E-state index in [1.807, 2.05) is 24.3 Å². The molecule has 1 aliphatic heterocycles. The number of nitriles is 1. The lowest BCUT2D eigenvalue weighted by molar-refractivity contribution is 0.174. The highest BCUT2D eigenvalue weighted by atomic mass is 16.7. The predicted molar refractivity (Wildman–Crippen MR) is 58.3 cm³/mol. The van der Waals surface area contributed by atoms with Crippen LogP contribution >= 0.6 is 0 Å². The smallest absolute Gasteiger partial charge is 0.232 e. The number of fused-ring (bicyclic) bond motifs is 1. The van der Waals surface area contributed by atoms with Crippen LogP contribution in [0.4, 0.5) is 0 Å². The van der Waals surface area contributed by atoms with E-state index in [0.29, 0.717) is 11.4 Å². The first kappa shape index (κ1) is 9.60. The maximum Gasteiger partial charge on any atom is 0.232 e. The third-order valence-electron chi connectivity index (χ3n) is 2.42. The van der Waals surface area contributed by atoms with Crippen molar-refractivity contribution in [2.75, 3.05) is 6.79 Å². The third-order valence-corrected chi connectivity index (χ3v) is 2.42. The second-order valence-corrected chi connectivity index (χ2v) is 3.45. The Kier molecular flexibility index (Phi) is 2.12. The van der Waals surface area contributed by atoms with Crippen LogP contribution in [0.15, 0.2) is 30.5 Å². The Hall–Kier alpha value is -2.61. The average Bonchev–Trinajstić information content (AvgIpc) is 2.86. The molecule has 5 nitrogen and oxygen atoms in total. The van der Waals surface area contributed by atoms with Crippen molar-refractivity contribution in [3.8, 4) is 28.8 Å². The van der Waals surface area contributed by atoms with E-state index < -0.39 is 0 Å². The van der Waals surface area contributed by atoms with Gasteiger partial charge in [-0.05, 0) is 24.3 Å². The van der Waals surface area contributed by atoms with Crippen LogP contribution in [-0.4, -0.2) is 16.8 Å². The molecule has 0 saturated heterocycles. The molecule has 0 spiro atoms. The highest BCUT2D eigenvalue weighted by molar-refractivity contribution is 5.64. The monoisotopic (exact) mass is 225 g/mol. The molecular formula is C12H7N3O2. The second-order valence-electron chi connectivity index (χ2n) is 3.45.